The van der Waals surface area contributed by atoms with Crippen molar-refractivity contribution in [1.82, 2.24) is 29.8 Å². The van der Waals surface area contributed by atoms with Gasteiger partial charge in [-0.1, -0.05) is 0 Å². The summed E-state index contributed by atoms with van der Waals surface area (Å²) in [6.07, 6.45) is -2.36. The number of carbonyl (C=O) groups excluding carboxylic acids is 1. The molecule has 1 aromatic carbocycles. The highest BCUT2D eigenvalue weighted by atomic mass is 19.4. The van der Waals surface area contributed by atoms with Crippen molar-refractivity contribution in [2.24, 2.45) is 7.05 Å². The smallest absolute Gasteiger partial charge is 0.383 e. The van der Waals surface area contributed by atoms with E-state index in [4.69, 9.17) is 10.5 Å². The Balaban J connectivity index is 1.54. The molecule has 0 radical (unpaired) electrons. The molecule has 9 nitrogen and oxygen atoms in total. The summed E-state index contributed by atoms with van der Waals surface area (Å²) >= 11 is 0. The fourth-order valence-corrected chi connectivity index (χ4v) is 4.73. The van der Waals surface area contributed by atoms with Crippen molar-refractivity contribution in [2.75, 3.05) is 18.8 Å². The Morgan fingerprint density at radius 3 is 2.51 bits per heavy atom. The molecule has 12 heteroatoms. The summed E-state index contributed by atoms with van der Waals surface area (Å²) in [5.74, 6) is 0.0259. The van der Waals surface area contributed by atoms with Crippen LogP contribution in [0.3, 0.4) is 0 Å². The highest BCUT2D eigenvalue weighted by molar-refractivity contribution is 6.10. The lowest BCUT2D eigenvalue weighted by atomic mass is 10.1. The molecule has 0 spiro atoms. The molecule has 4 heterocycles. The maximum atomic E-state index is 13.9. The number of fused-ring (bicyclic) bond motifs is 3. The average molecular weight is 514 g/mol. The summed E-state index contributed by atoms with van der Waals surface area (Å²) in [5, 5.41) is 9.07. The van der Waals surface area contributed by atoms with E-state index < -0.39 is 11.7 Å². The number of hydrogen-bond acceptors (Lipinski definition) is 7. The third-order valence-corrected chi connectivity index (χ3v) is 6.39. The summed E-state index contributed by atoms with van der Waals surface area (Å²) < 4.78 is 46.6. The molecule has 5 rings (SSSR count). The largest absolute Gasteiger partial charge is 0.417 e. The fourth-order valence-electron chi connectivity index (χ4n) is 4.73. The molecule has 1 aliphatic rings. The lowest BCUT2D eigenvalue weighted by Gasteiger charge is -2.42. The highest BCUT2D eigenvalue weighted by Gasteiger charge is 2.33. The van der Waals surface area contributed by atoms with Crippen molar-refractivity contribution in [1.29, 1.82) is 0 Å². The van der Waals surface area contributed by atoms with Crippen LogP contribution in [0.4, 0.5) is 19.0 Å². The van der Waals surface area contributed by atoms with Crippen LogP contribution in [0.5, 0.6) is 0 Å². The number of hydrogen-bond donors (Lipinski definition) is 1. The van der Waals surface area contributed by atoms with Crippen LogP contribution >= 0.6 is 0 Å². The molecule has 0 aliphatic carbocycles. The van der Waals surface area contributed by atoms with Crippen molar-refractivity contribution in [3.8, 4) is 0 Å². The molecule has 0 saturated carbocycles. The van der Waals surface area contributed by atoms with Gasteiger partial charge in [-0.3, -0.25) is 19.5 Å². The topological polar surface area (TPSA) is 102 Å². The zero-order valence-electron chi connectivity index (χ0n) is 20.5. The number of nitrogen functional groups attached to an aromatic ring is 1. The fraction of sp³-hybridized carbons (Fsp3) is 0.360. The molecule has 3 aromatic heterocycles. The van der Waals surface area contributed by atoms with Gasteiger partial charge < -0.3 is 10.5 Å². The summed E-state index contributed by atoms with van der Waals surface area (Å²) in [4.78, 5) is 22.4. The predicted molar refractivity (Wildman–Crippen MR) is 131 cm³/mol. The number of anilines is 1. The normalized spacial score (nSPS) is 19.0. The van der Waals surface area contributed by atoms with Crippen LogP contribution in [0.1, 0.15) is 35.5 Å². The average Bonchev–Trinajstić information content (AvgIpc) is 3.23. The van der Waals surface area contributed by atoms with Crippen molar-refractivity contribution < 1.29 is 22.7 Å². The molecule has 0 bridgehead atoms. The lowest BCUT2D eigenvalue weighted by Crippen LogP contribution is -2.55. The summed E-state index contributed by atoms with van der Waals surface area (Å²) in [6.45, 7) is 4.69. The first kappa shape index (κ1) is 24.9. The summed E-state index contributed by atoms with van der Waals surface area (Å²) in [6, 6.07) is 7.41. The quantitative estimate of drug-likeness (QED) is 0.443. The maximum Gasteiger partial charge on any atom is 0.417 e. The van der Waals surface area contributed by atoms with Gasteiger partial charge in [0, 0.05) is 37.3 Å². The molecule has 194 valence electrons. The number of nitrogens with two attached hydrogens (primary N) is 1. The number of aromatic nitrogens is 4. The van der Waals surface area contributed by atoms with E-state index in [2.05, 4.69) is 15.1 Å². The molecule has 1 fully saturated rings. The van der Waals surface area contributed by atoms with Gasteiger partial charge in [0.05, 0.1) is 52.6 Å². The lowest BCUT2D eigenvalue weighted by molar-refractivity contribution is -0.138. The number of morpholine rings is 1. The van der Waals surface area contributed by atoms with E-state index in [0.717, 1.165) is 17.8 Å². The molecule has 2 N–H and O–H groups in total. The number of alkyl halides is 3. The monoisotopic (exact) mass is 513 g/mol. The van der Waals surface area contributed by atoms with Crippen LogP contribution in [0.15, 0.2) is 42.7 Å². The van der Waals surface area contributed by atoms with Crippen molar-refractivity contribution >= 4 is 33.5 Å². The summed E-state index contributed by atoms with van der Waals surface area (Å²) in [7, 11) is 1.79. The minimum absolute atomic E-state index is 0.00441. The van der Waals surface area contributed by atoms with Crippen molar-refractivity contribution in [3.05, 3.63) is 59.5 Å². The Labute approximate surface area is 210 Å². The van der Waals surface area contributed by atoms with Crippen LogP contribution in [0, 0.1) is 0 Å². The minimum atomic E-state index is -4.49. The van der Waals surface area contributed by atoms with E-state index in [1.165, 1.54) is 11.1 Å². The second kappa shape index (κ2) is 9.27. The van der Waals surface area contributed by atoms with Gasteiger partial charge in [0.25, 0.3) is 5.91 Å². The van der Waals surface area contributed by atoms with E-state index in [9.17, 15) is 18.0 Å². The van der Waals surface area contributed by atoms with E-state index in [-0.39, 0.29) is 24.7 Å². The first-order valence-electron chi connectivity index (χ1n) is 11.8. The van der Waals surface area contributed by atoms with Crippen LogP contribution in [0.25, 0.3) is 21.8 Å². The van der Waals surface area contributed by atoms with Gasteiger partial charge in [-0.05, 0) is 44.2 Å². The Hall–Kier alpha value is -3.77. The number of hydrazine groups is 1. The number of halogens is 3. The van der Waals surface area contributed by atoms with E-state index in [1.54, 1.807) is 36.1 Å². The molecule has 4 aromatic rings. The number of ether oxygens (including phenoxy) is 1. The maximum absolute atomic E-state index is 13.9. The van der Waals surface area contributed by atoms with Crippen LogP contribution in [0.2, 0.25) is 0 Å². The molecule has 1 saturated heterocycles. The predicted octanol–water partition coefficient (Wildman–Crippen LogP) is 3.78. The third-order valence-electron chi connectivity index (χ3n) is 6.39. The van der Waals surface area contributed by atoms with E-state index in [0.29, 0.717) is 46.5 Å². The number of carbonyl (C=O) groups is 1. The molecular weight excluding hydrogens is 487 g/mol. The highest BCUT2D eigenvalue weighted by Crippen LogP contribution is 2.30. The second-order valence-corrected chi connectivity index (χ2v) is 9.29. The van der Waals surface area contributed by atoms with Crippen molar-refractivity contribution in [3.63, 3.8) is 0 Å². The van der Waals surface area contributed by atoms with Gasteiger partial charge in [-0.15, -0.1) is 0 Å². The van der Waals surface area contributed by atoms with Crippen LogP contribution in [-0.2, 0) is 24.5 Å². The van der Waals surface area contributed by atoms with E-state index >= 15 is 0 Å². The molecule has 2 unspecified atom stereocenters. The zero-order valence-corrected chi connectivity index (χ0v) is 20.5. The van der Waals surface area contributed by atoms with Crippen LogP contribution < -0.4 is 5.73 Å². The molecule has 1 aliphatic heterocycles. The summed E-state index contributed by atoms with van der Waals surface area (Å²) in [5.41, 5.74) is 7.34. The van der Waals surface area contributed by atoms with E-state index in [1.807, 2.05) is 18.9 Å². The van der Waals surface area contributed by atoms with Gasteiger partial charge in [0.2, 0.25) is 0 Å². The standard InChI is InChI=1S/C25H26F3N7O2/c1-14-11-34(12-15(2)37-14)35(13-18-6-5-17(9-30-18)25(26,27)28)24(36)16-4-7-21-19(8-16)22-20(23(29)32-21)10-31-33(22)3/h4-10,14-15H,11-13H2,1-3H3,(H2,29,32). The Kier molecular flexibility index (Phi) is 6.24. The zero-order chi connectivity index (χ0) is 26.5. The number of aryl methyl sites for hydroxylation is 1. The van der Waals surface area contributed by atoms with Gasteiger partial charge in [0.15, 0.2) is 0 Å². The molecule has 1 amide bonds. The Morgan fingerprint density at radius 2 is 1.86 bits per heavy atom. The number of nitrogens with zero attached hydrogens (tertiary/aromatic N) is 6. The van der Waals surface area contributed by atoms with Gasteiger partial charge in [-0.2, -0.15) is 18.3 Å². The molecule has 37 heavy (non-hydrogen) atoms. The van der Waals surface area contributed by atoms with Gasteiger partial charge >= 0.3 is 6.18 Å². The molecular formula is C25H26F3N7O2. The van der Waals surface area contributed by atoms with Crippen LogP contribution in [-0.4, -0.2) is 61.0 Å². The number of pyridine rings is 2. The number of rotatable bonds is 4. The van der Waals surface area contributed by atoms with Crippen molar-refractivity contribution in [2.45, 2.75) is 38.8 Å². The SMILES string of the molecule is CC1CN(N(Cc2ccc(C(F)(F)F)cn2)C(=O)c2ccc3nc(N)c4cnn(C)c4c3c2)CC(C)O1. The first-order valence-corrected chi connectivity index (χ1v) is 11.8. The minimum Gasteiger partial charge on any atom is -0.383 e. The second-order valence-electron chi connectivity index (χ2n) is 9.29. The Bertz CT molecular complexity index is 1460. The third kappa shape index (κ3) is 4.81. The van der Waals surface area contributed by atoms with Gasteiger partial charge in [0.1, 0.15) is 5.82 Å². The Morgan fingerprint density at radius 1 is 1.14 bits per heavy atom. The number of benzene rings is 1. The first-order chi connectivity index (χ1) is 17.5. The van der Waals surface area contributed by atoms with Gasteiger partial charge in [-0.25, -0.2) is 9.99 Å². The molecule has 2 atom stereocenters. The number of amides is 1.